The van der Waals surface area contributed by atoms with Gasteiger partial charge < -0.3 is 4.98 Å². The lowest BCUT2D eigenvalue weighted by Gasteiger charge is -2.01. The number of aromatic nitrogens is 4. The summed E-state index contributed by atoms with van der Waals surface area (Å²) in [5.74, 6) is 0.673. The second-order valence-corrected chi connectivity index (χ2v) is 6.11. The Hall–Kier alpha value is -2.98. The Balaban J connectivity index is 1.76. The fourth-order valence-corrected chi connectivity index (χ4v) is 3.09. The highest BCUT2D eigenvalue weighted by atomic mass is 35.5. The number of imidazole rings is 1. The number of hydrogen-bond acceptors (Lipinski definition) is 3. The zero-order chi connectivity index (χ0) is 16.1. The van der Waals surface area contributed by atoms with Crippen LogP contribution in [0.15, 0.2) is 60.7 Å². The largest absolute Gasteiger partial charge is 0.352 e. The van der Waals surface area contributed by atoms with E-state index >= 15 is 0 Å². The van der Waals surface area contributed by atoms with Crippen molar-refractivity contribution in [2.45, 2.75) is 0 Å². The number of rotatable bonds is 1. The molecule has 24 heavy (non-hydrogen) atoms. The van der Waals surface area contributed by atoms with E-state index in [1.54, 1.807) is 0 Å². The number of fused-ring (bicyclic) bond motifs is 3. The molecule has 4 nitrogen and oxygen atoms in total. The standard InChI is InChI=1S/C19H11ClN4/c20-12-5-3-4-11(8-12)19-23-17-9-15-16(10-18(17)24-19)22-14-7-2-1-6-13(14)21-15/h1-10,21H. The third-order valence-electron chi connectivity index (χ3n) is 4.04. The number of nitrogens with zero attached hydrogens (tertiary/aromatic N) is 3. The van der Waals surface area contributed by atoms with E-state index in [9.17, 15) is 0 Å². The molecule has 0 bridgehead atoms. The van der Waals surface area contributed by atoms with Crippen molar-refractivity contribution >= 4 is 44.7 Å². The molecule has 0 saturated carbocycles. The highest BCUT2D eigenvalue weighted by Gasteiger charge is 2.10. The lowest BCUT2D eigenvalue weighted by molar-refractivity contribution is 1.34. The van der Waals surface area contributed by atoms with Gasteiger partial charge in [-0.25, -0.2) is 15.0 Å². The molecule has 5 aromatic rings. The van der Waals surface area contributed by atoms with Gasteiger partial charge in [-0.1, -0.05) is 35.9 Å². The third kappa shape index (κ3) is 2.12. The Morgan fingerprint density at radius 3 is 2.38 bits per heavy atom. The van der Waals surface area contributed by atoms with Crippen molar-refractivity contribution in [2.24, 2.45) is 0 Å². The quantitative estimate of drug-likeness (QED) is 0.441. The number of nitrogens with one attached hydrogen (secondary N) is 1. The van der Waals surface area contributed by atoms with Crippen LogP contribution in [0.5, 0.6) is 0 Å². The van der Waals surface area contributed by atoms with Crippen LogP contribution in [0.25, 0.3) is 44.5 Å². The SMILES string of the molecule is Clc1cccc(-c2nc3cc4nc5ccccc5[nH]c4cc3n2)c1. The van der Waals surface area contributed by atoms with Crippen molar-refractivity contribution < 1.29 is 0 Å². The first-order valence-corrected chi connectivity index (χ1v) is 7.96. The van der Waals surface area contributed by atoms with E-state index in [1.807, 2.05) is 60.7 Å². The number of para-hydroxylation sites is 2. The topological polar surface area (TPSA) is 54.5 Å². The van der Waals surface area contributed by atoms with Gasteiger partial charge in [-0.3, -0.25) is 0 Å². The summed E-state index contributed by atoms with van der Waals surface area (Å²) in [6, 6.07) is 19.5. The molecule has 0 amide bonds. The van der Waals surface area contributed by atoms with E-state index < -0.39 is 0 Å². The molecule has 0 unspecified atom stereocenters. The smallest absolute Gasteiger partial charge is 0.160 e. The molecule has 0 aliphatic carbocycles. The van der Waals surface area contributed by atoms with Gasteiger partial charge in [0.1, 0.15) is 0 Å². The minimum Gasteiger partial charge on any atom is -0.352 e. The molecule has 0 radical (unpaired) electrons. The summed E-state index contributed by atoms with van der Waals surface area (Å²) >= 11 is 6.07. The third-order valence-corrected chi connectivity index (χ3v) is 4.28. The minimum absolute atomic E-state index is 0.673. The van der Waals surface area contributed by atoms with Gasteiger partial charge in [0.2, 0.25) is 0 Å². The molecule has 114 valence electrons. The Kier molecular flexibility index (Phi) is 2.81. The highest BCUT2D eigenvalue weighted by molar-refractivity contribution is 6.30. The summed E-state index contributed by atoms with van der Waals surface area (Å²) in [5, 5.41) is 0.674. The van der Waals surface area contributed by atoms with E-state index in [1.165, 1.54) is 0 Å². The van der Waals surface area contributed by atoms with Crippen LogP contribution in [0, 0.1) is 0 Å². The van der Waals surface area contributed by atoms with Crippen LogP contribution in [0.2, 0.25) is 5.02 Å². The van der Waals surface area contributed by atoms with Crippen molar-refractivity contribution in [3.8, 4) is 11.4 Å². The maximum absolute atomic E-state index is 6.07. The van der Waals surface area contributed by atoms with Crippen LogP contribution in [-0.4, -0.2) is 19.9 Å². The Bertz CT molecular complexity index is 1150. The molecule has 0 spiro atoms. The summed E-state index contributed by atoms with van der Waals surface area (Å²) in [6.45, 7) is 0. The van der Waals surface area contributed by atoms with Crippen LogP contribution < -0.4 is 0 Å². The molecule has 0 aliphatic heterocycles. The number of halogens is 1. The average Bonchev–Trinajstić information content (AvgIpc) is 3.00. The van der Waals surface area contributed by atoms with Crippen molar-refractivity contribution in [2.75, 3.05) is 0 Å². The summed E-state index contributed by atoms with van der Waals surface area (Å²) < 4.78 is 0. The molecule has 2 aromatic heterocycles. The van der Waals surface area contributed by atoms with Crippen molar-refractivity contribution in [1.82, 2.24) is 19.9 Å². The first-order valence-electron chi connectivity index (χ1n) is 7.58. The van der Waals surface area contributed by atoms with Crippen molar-refractivity contribution in [1.29, 1.82) is 0 Å². The van der Waals surface area contributed by atoms with Crippen LogP contribution in [0.4, 0.5) is 0 Å². The minimum atomic E-state index is 0.673. The van der Waals surface area contributed by atoms with Crippen molar-refractivity contribution in [3.63, 3.8) is 0 Å². The summed E-state index contributed by atoms with van der Waals surface area (Å²) in [7, 11) is 0. The van der Waals surface area contributed by atoms with E-state index in [0.717, 1.165) is 38.7 Å². The van der Waals surface area contributed by atoms with E-state index in [-0.39, 0.29) is 0 Å². The maximum atomic E-state index is 6.07. The molecule has 0 atom stereocenters. The van der Waals surface area contributed by atoms with Gasteiger partial charge in [0.15, 0.2) is 5.82 Å². The average molecular weight is 331 g/mol. The van der Waals surface area contributed by atoms with Crippen LogP contribution in [0.1, 0.15) is 0 Å². The number of aromatic amines is 1. The predicted molar refractivity (Wildman–Crippen MR) is 97.1 cm³/mol. The highest BCUT2D eigenvalue weighted by Crippen LogP contribution is 2.26. The number of H-pyrrole nitrogens is 1. The molecule has 2 heterocycles. The summed E-state index contributed by atoms with van der Waals surface area (Å²) in [4.78, 5) is 17.4. The molecular formula is C19H11ClN4. The zero-order valence-corrected chi connectivity index (χ0v) is 13.2. The van der Waals surface area contributed by atoms with E-state index in [4.69, 9.17) is 16.6 Å². The zero-order valence-electron chi connectivity index (χ0n) is 12.5. The first kappa shape index (κ1) is 13.5. The second kappa shape index (κ2) is 5.01. The summed E-state index contributed by atoms with van der Waals surface area (Å²) in [5.41, 5.74) is 6.32. The first-order chi connectivity index (χ1) is 11.8. The molecule has 5 heteroatoms. The molecule has 0 fully saturated rings. The van der Waals surface area contributed by atoms with Gasteiger partial charge in [0, 0.05) is 10.6 Å². The molecule has 5 rings (SSSR count). The summed E-state index contributed by atoms with van der Waals surface area (Å²) in [6.07, 6.45) is 0. The second-order valence-electron chi connectivity index (χ2n) is 5.67. The molecule has 3 aromatic carbocycles. The van der Waals surface area contributed by atoms with Gasteiger partial charge in [-0.2, -0.15) is 0 Å². The Morgan fingerprint density at radius 2 is 1.50 bits per heavy atom. The molecular weight excluding hydrogens is 320 g/mol. The van der Waals surface area contributed by atoms with Crippen molar-refractivity contribution in [3.05, 3.63) is 65.7 Å². The Labute approximate surface area is 142 Å². The molecule has 0 aliphatic rings. The van der Waals surface area contributed by atoms with Crippen LogP contribution >= 0.6 is 11.6 Å². The van der Waals surface area contributed by atoms with Crippen LogP contribution in [-0.2, 0) is 0 Å². The lowest BCUT2D eigenvalue weighted by Crippen LogP contribution is -1.87. The van der Waals surface area contributed by atoms with Gasteiger partial charge in [-0.15, -0.1) is 0 Å². The molecule has 1 N–H and O–H groups in total. The van der Waals surface area contributed by atoms with Gasteiger partial charge in [0.05, 0.1) is 33.1 Å². The fraction of sp³-hybridized carbons (Fsp3) is 0. The van der Waals surface area contributed by atoms with Gasteiger partial charge >= 0.3 is 0 Å². The maximum Gasteiger partial charge on any atom is 0.160 e. The number of benzene rings is 3. The predicted octanol–water partition coefficient (Wildman–Crippen LogP) is 4.98. The number of hydrogen-bond donors (Lipinski definition) is 1. The van der Waals surface area contributed by atoms with Gasteiger partial charge in [0.25, 0.3) is 0 Å². The fourth-order valence-electron chi connectivity index (χ4n) is 2.90. The van der Waals surface area contributed by atoms with Crippen LogP contribution in [0.3, 0.4) is 0 Å². The lowest BCUT2D eigenvalue weighted by atomic mass is 10.2. The normalized spacial score (nSPS) is 11.5. The van der Waals surface area contributed by atoms with E-state index in [0.29, 0.717) is 10.8 Å². The Morgan fingerprint density at radius 1 is 0.667 bits per heavy atom. The van der Waals surface area contributed by atoms with E-state index in [2.05, 4.69) is 15.0 Å². The molecule has 0 saturated heterocycles. The van der Waals surface area contributed by atoms with Gasteiger partial charge in [-0.05, 0) is 36.4 Å². The monoisotopic (exact) mass is 330 g/mol.